The van der Waals surface area contributed by atoms with Crippen molar-refractivity contribution in [1.29, 1.82) is 0 Å². The van der Waals surface area contributed by atoms with Gasteiger partial charge in [0.1, 0.15) is 5.75 Å². The maximum absolute atomic E-state index is 12.1. The number of aromatic hydroxyl groups is 1. The maximum Gasteiger partial charge on any atom is 0.314 e. The van der Waals surface area contributed by atoms with Gasteiger partial charge in [0.25, 0.3) is 0 Å². The summed E-state index contributed by atoms with van der Waals surface area (Å²) in [6, 6.07) is 4.63. The number of rotatable bonds is 3. The van der Waals surface area contributed by atoms with E-state index in [0.717, 1.165) is 25.7 Å². The number of phenols is 1. The summed E-state index contributed by atoms with van der Waals surface area (Å²) in [5.41, 5.74) is 0. The fraction of sp³-hybridized carbons (Fsp3) is 0.533. The van der Waals surface area contributed by atoms with Crippen molar-refractivity contribution in [3.8, 4) is 17.2 Å². The molecule has 0 spiro atoms. The van der Waals surface area contributed by atoms with Gasteiger partial charge in [0, 0.05) is 6.07 Å². The molecule has 1 fully saturated rings. The summed E-state index contributed by atoms with van der Waals surface area (Å²) in [6.45, 7) is 0. The van der Waals surface area contributed by atoms with Gasteiger partial charge in [0.15, 0.2) is 11.5 Å². The minimum Gasteiger partial charge on any atom is -0.504 e. The Kier molecular flexibility index (Phi) is 4.66. The highest BCUT2D eigenvalue weighted by atomic mass is 16.5. The first-order chi connectivity index (χ1) is 9.20. The van der Waals surface area contributed by atoms with Crippen molar-refractivity contribution in [3.63, 3.8) is 0 Å². The zero-order valence-electron chi connectivity index (χ0n) is 11.2. The number of methoxy groups -OCH3 is 1. The van der Waals surface area contributed by atoms with Gasteiger partial charge in [-0.05, 0) is 25.0 Å². The molecule has 4 nitrogen and oxygen atoms in total. The van der Waals surface area contributed by atoms with Crippen LogP contribution in [0.5, 0.6) is 17.2 Å². The summed E-state index contributed by atoms with van der Waals surface area (Å²) in [5, 5.41) is 9.64. The first kappa shape index (κ1) is 13.7. The maximum atomic E-state index is 12.1. The Morgan fingerprint density at radius 3 is 2.47 bits per heavy atom. The monoisotopic (exact) mass is 264 g/mol. The molecular weight excluding hydrogens is 244 g/mol. The summed E-state index contributed by atoms with van der Waals surface area (Å²) < 4.78 is 10.3. The Labute approximate surface area is 113 Å². The van der Waals surface area contributed by atoms with E-state index in [9.17, 15) is 9.90 Å². The van der Waals surface area contributed by atoms with E-state index in [1.165, 1.54) is 26.0 Å². The van der Waals surface area contributed by atoms with Crippen molar-refractivity contribution in [2.45, 2.75) is 38.5 Å². The van der Waals surface area contributed by atoms with Crippen molar-refractivity contribution >= 4 is 5.97 Å². The second-order valence-corrected chi connectivity index (χ2v) is 4.94. The molecule has 0 bridgehead atoms. The van der Waals surface area contributed by atoms with Gasteiger partial charge in [-0.2, -0.15) is 0 Å². The van der Waals surface area contributed by atoms with Gasteiger partial charge in [-0.1, -0.05) is 25.7 Å². The summed E-state index contributed by atoms with van der Waals surface area (Å²) in [6.07, 6.45) is 6.39. The lowest BCUT2D eigenvalue weighted by Gasteiger charge is -2.13. The second kappa shape index (κ2) is 6.45. The molecule has 1 saturated carbocycles. The molecular formula is C15H20O4. The predicted octanol–water partition coefficient (Wildman–Crippen LogP) is 3.28. The van der Waals surface area contributed by atoms with E-state index < -0.39 is 0 Å². The minimum atomic E-state index is -0.188. The summed E-state index contributed by atoms with van der Waals surface area (Å²) >= 11 is 0. The van der Waals surface area contributed by atoms with Crippen LogP contribution in [0.25, 0.3) is 0 Å². The highest BCUT2D eigenvalue weighted by molar-refractivity contribution is 5.75. The zero-order valence-corrected chi connectivity index (χ0v) is 11.2. The average Bonchev–Trinajstić information content (AvgIpc) is 2.68. The van der Waals surface area contributed by atoms with E-state index in [2.05, 4.69) is 0 Å². The largest absolute Gasteiger partial charge is 0.504 e. The molecule has 1 aromatic rings. The van der Waals surface area contributed by atoms with Crippen LogP contribution in [0.4, 0.5) is 0 Å². The van der Waals surface area contributed by atoms with E-state index in [0.29, 0.717) is 11.5 Å². The van der Waals surface area contributed by atoms with E-state index in [1.807, 2.05) is 0 Å². The molecule has 1 aromatic carbocycles. The van der Waals surface area contributed by atoms with Crippen molar-refractivity contribution < 1.29 is 19.4 Å². The molecule has 1 N–H and O–H groups in total. The number of esters is 1. The van der Waals surface area contributed by atoms with Crippen LogP contribution in [-0.2, 0) is 4.79 Å². The van der Waals surface area contributed by atoms with Gasteiger partial charge in [-0.25, -0.2) is 0 Å². The molecule has 0 atom stereocenters. The van der Waals surface area contributed by atoms with Gasteiger partial charge in [-0.3, -0.25) is 4.79 Å². The van der Waals surface area contributed by atoms with Gasteiger partial charge in [-0.15, -0.1) is 0 Å². The molecule has 104 valence electrons. The Hall–Kier alpha value is -1.71. The van der Waals surface area contributed by atoms with Crippen LogP contribution in [0.3, 0.4) is 0 Å². The zero-order chi connectivity index (χ0) is 13.7. The molecule has 0 aliphatic heterocycles. The van der Waals surface area contributed by atoms with Crippen LogP contribution in [0.15, 0.2) is 18.2 Å². The van der Waals surface area contributed by atoms with Crippen LogP contribution in [0.1, 0.15) is 38.5 Å². The van der Waals surface area contributed by atoms with Crippen LogP contribution < -0.4 is 9.47 Å². The average molecular weight is 264 g/mol. The first-order valence-corrected chi connectivity index (χ1v) is 6.79. The smallest absolute Gasteiger partial charge is 0.314 e. The summed E-state index contributed by atoms with van der Waals surface area (Å²) in [4.78, 5) is 12.1. The second-order valence-electron chi connectivity index (χ2n) is 4.94. The SMILES string of the molecule is COc1ccc(OC(=O)C2CCCCCC2)cc1O. The normalized spacial score (nSPS) is 16.7. The van der Waals surface area contributed by atoms with Crippen LogP contribution in [0.2, 0.25) is 0 Å². The number of carbonyl (C=O) groups excluding carboxylic acids is 1. The number of hydrogen-bond acceptors (Lipinski definition) is 4. The number of hydrogen-bond donors (Lipinski definition) is 1. The van der Waals surface area contributed by atoms with Crippen LogP contribution in [0, 0.1) is 5.92 Å². The minimum absolute atomic E-state index is 0.00764. The van der Waals surface area contributed by atoms with Crippen LogP contribution >= 0.6 is 0 Å². The third-order valence-electron chi connectivity index (χ3n) is 3.56. The Balaban J connectivity index is 1.99. The molecule has 0 aromatic heterocycles. The van der Waals surface area contributed by atoms with Crippen LogP contribution in [-0.4, -0.2) is 18.2 Å². The lowest BCUT2D eigenvalue weighted by molar-refractivity contribution is -0.139. The number of ether oxygens (including phenoxy) is 2. The lowest BCUT2D eigenvalue weighted by Crippen LogP contribution is -2.19. The first-order valence-electron chi connectivity index (χ1n) is 6.79. The number of benzene rings is 1. The van der Waals surface area contributed by atoms with Crippen molar-refractivity contribution in [2.75, 3.05) is 7.11 Å². The van der Waals surface area contributed by atoms with E-state index >= 15 is 0 Å². The van der Waals surface area contributed by atoms with Gasteiger partial charge < -0.3 is 14.6 Å². The molecule has 0 saturated heterocycles. The van der Waals surface area contributed by atoms with Gasteiger partial charge >= 0.3 is 5.97 Å². The molecule has 0 amide bonds. The highest BCUT2D eigenvalue weighted by Gasteiger charge is 2.22. The van der Waals surface area contributed by atoms with Crippen molar-refractivity contribution in [1.82, 2.24) is 0 Å². The van der Waals surface area contributed by atoms with Gasteiger partial charge in [0.2, 0.25) is 0 Å². The molecule has 0 unspecified atom stereocenters. The molecule has 0 radical (unpaired) electrons. The number of phenolic OH excluding ortho intramolecular Hbond substituents is 1. The third-order valence-corrected chi connectivity index (χ3v) is 3.56. The lowest BCUT2D eigenvalue weighted by atomic mass is 10.0. The van der Waals surface area contributed by atoms with Crippen molar-refractivity contribution in [2.24, 2.45) is 5.92 Å². The molecule has 1 aliphatic rings. The van der Waals surface area contributed by atoms with E-state index in [1.54, 1.807) is 12.1 Å². The summed E-state index contributed by atoms with van der Waals surface area (Å²) in [5.74, 6) is 0.522. The van der Waals surface area contributed by atoms with E-state index in [-0.39, 0.29) is 17.6 Å². The molecule has 19 heavy (non-hydrogen) atoms. The molecule has 1 aliphatic carbocycles. The Morgan fingerprint density at radius 2 is 1.89 bits per heavy atom. The third kappa shape index (κ3) is 3.63. The quantitative estimate of drug-likeness (QED) is 0.517. The highest BCUT2D eigenvalue weighted by Crippen LogP contribution is 2.31. The topological polar surface area (TPSA) is 55.8 Å². The van der Waals surface area contributed by atoms with E-state index in [4.69, 9.17) is 9.47 Å². The Bertz CT molecular complexity index is 434. The predicted molar refractivity (Wildman–Crippen MR) is 71.5 cm³/mol. The summed E-state index contributed by atoms with van der Waals surface area (Å²) in [7, 11) is 1.48. The van der Waals surface area contributed by atoms with Crippen molar-refractivity contribution in [3.05, 3.63) is 18.2 Å². The Morgan fingerprint density at radius 1 is 1.21 bits per heavy atom. The number of carbonyl (C=O) groups is 1. The molecule has 0 heterocycles. The standard InChI is InChI=1S/C15H20O4/c1-18-14-9-8-12(10-13(14)16)19-15(17)11-6-4-2-3-5-7-11/h8-11,16H,2-7H2,1H3. The fourth-order valence-corrected chi connectivity index (χ4v) is 2.45. The fourth-order valence-electron chi connectivity index (χ4n) is 2.45. The molecule has 2 rings (SSSR count). The molecule has 4 heteroatoms. The van der Waals surface area contributed by atoms with Gasteiger partial charge in [0.05, 0.1) is 13.0 Å².